The third-order valence-electron chi connectivity index (χ3n) is 2.81. The summed E-state index contributed by atoms with van der Waals surface area (Å²) in [5.41, 5.74) is 0.727. The van der Waals surface area contributed by atoms with Gasteiger partial charge >= 0.3 is 0 Å². The number of aliphatic hydroxyl groups excluding tert-OH is 1. The number of hydrogen-bond donors (Lipinski definition) is 2. The van der Waals surface area contributed by atoms with Crippen molar-refractivity contribution in [3.05, 3.63) is 50.6 Å². The second-order valence-electron chi connectivity index (χ2n) is 4.24. The highest BCUT2D eigenvalue weighted by molar-refractivity contribution is 9.11. The maximum absolute atomic E-state index is 12.4. The normalized spacial score (nSPS) is 13.3. The Labute approximate surface area is 130 Å². The van der Waals surface area contributed by atoms with E-state index in [-0.39, 0.29) is 11.5 Å². The zero-order chi connectivity index (χ0) is 14.8. The molecule has 0 saturated heterocycles. The van der Waals surface area contributed by atoms with Gasteiger partial charge in [-0.3, -0.25) is 0 Å². The molecule has 0 aliphatic carbocycles. The SMILES string of the molecule is Cc1sc(Br)cc1S(=O)(=O)NC(CO)c1ccccc1. The second kappa shape index (κ2) is 6.36. The van der Waals surface area contributed by atoms with E-state index in [0.717, 1.165) is 9.35 Å². The van der Waals surface area contributed by atoms with Gasteiger partial charge in [0.2, 0.25) is 10.0 Å². The van der Waals surface area contributed by atoms with E-state index in [4.69, 9.17) is 0 Å². The Bertz CT molecular complexity index is 683. The molecule has 108 valence electrons. The summed E-state index contributed by atoms with van der Waals surface area (Å²) in [6.07, 6.45) is 0. The molecule has 0 amide bonds. The Hall–Kier alpha value is -0.730. The molecule has 2 aromatic rings. The fourth-order valence-electron chi connectivity index (χ4n) is 1.84. The number of benzene rings is 1. The minimum absolute atomic E-state index is 0.240. The Morgan fingerprint density at radius 1 is 1.35 bits per heavy atom. The zero-order valence-corrected chi connectivity index (χ0v) is 13.9. The monoisotopic (exact) mass is 375 g/mol. The molecule has 7 heteroatoms. The van der Waals surface area contributed by atoms with Gasteiger partial charge in [-0.05, 0) is 34.5 Å². The van der Waals surface area contributed by atoms with Crippen LogP contribution in [0.25, 0.3) is 0 Å². The molecule has 0 fully saturated rings. The summed E-state index contributed by atoms with van der Waals surface area (Å²) in [5.74, 6) is 0. The van der Waals surface area contributed by atoms with E-state index in [0.29, 0.717) is 4.88 Å². The van der Waals surface area contributed by atoms with Gasteiger partial charge in [0.1, 0.15) is 0 Å². The average molecular weight is 376 g/mol. The van der Waals surface area contributed by atoms with Crippen molar-refractivity contribution in [3.8, 4) is 0 Å². The van der Waals surface area contributed by atoms with E-state index >= 15 is 0 Å². The first-order valence-corrected chi connectivity index (χ1v) is 8.97. The van der Waals surface area contributed by atoms with Crippen LogP contribution in [0.2, 0.25) is 0 Å². The van der Waals surface area contributed by atoms with E-state index in [1.165, 1.54) is 11.3 Å². The number of sulfonamides is 1. The van der Waals surface area contributed by atoms with Crippen molar-refractivity contribution in [1.29, 1.82) is 0 Å². The van der Waals surface area contributed by atoms with Crippen molar-refractivity contribution in [2.24, 2.45) is 0 Å². The van der Waals surface area contributed by atoms with E-state index < -0.39 is 16.1 Å². The van der Waals surface area contributed by atoms with Crippen molar-refractivity contribution < 1.29 is 13.5 Å². The number of hydrogen-bond acceptors (Lipinski definition) is 4. The fraction of sp³-hybridized carbons (Fsp3) is 0.231. The summed E-state index contributed by atoms with van der Waals surface area (Å²) in [4.78, 5) is 0.942. The van der Waals surface area contributed by atoms with Crippen LogP contribution in [-0.2, 0) is 10.0 Å². The molecule has 2 N–H and O–H groups in total. The molecule has 2 rings (SSSR count). The summed E-state index contributed by atoms with van der Waals surface area (Å²) in [5, 5.41) is 9.43. The largest absolute Gasteiger partial charge is 0.394 e. The lowest BCUT2D eigenvalue weighted by Gasteiger charge is -2.16. The van der Waals surface area contributed by atoms with Crippen molar-refractivity contribution >= 4 is 37.3 Å². The molecule has 0 radical (unpaired) electrons. The number of aryl methyl sites for hydroxylation is 1. The van der Waals surface area contributed by atoms with Crippen LogP contribution in [0.15, 0.2) is 45.1 Å². The quantitative estimate of drug-likeness (QED) is 0.844. The van der Waals surface area contributed by atoms with Crippen molar-refractivity contribution in [2.45, 2.75) is 17.9 Å². The van der Waals surface area contributed by atoms with E-state index in [1.807, 2.05) is 6.07 Å². The first kappa shape index (κ1) is 15.7. The van der Waals surface area contributed by atoms with Crippen LogP contribution in [0.3, 0.4) is 0 Å². The van der Waals surface area contributed by atoms with Gasteiger partial charge in [0, 0.05) is 4.88 Å². The van der Waals surface area contributed by atoms with Crippen LogP contribution in [-0.4, -0.2) is 20.1 Å². The number of rotatable bonds is 5. The number of nitrogens with one attached hydrogen (secondary N) is 1. The lowest BCUT2D eigenvalue weighted by molar-refractivity contribution is 0.259. The Morgan fingerprint density at radius 3 is 2.50 bits per heavy atom. The van der Waals surface area contributed by atoms with E-state index in [1.54, 1.807) is 37.3 Å². The van der Waals surface area contributed by atoms with Gasteiger partial charge in [-0.2, -0.15) is 0 Å². The van der Waals surface area contributed by atoms with Crippen LogP contribution in [0, 0.1) is 6.92 Å². The van der Waals surface area contributed by atoms with Crippen molar-refractivity contribution in [2.75, 3.05) is 6.61 Å². The minimum Gasteiger partial charge on any atom is -0.394 e. The molecule has 1 atom stereocenters. The van der Waals surface area contributed by atoms with E-state index in [2.05, 4.69) is 20.7 Å². The molecule has 4 nitrogen and oxygen atoms in total. The highest BCUT2D eigenvalue weighted by Crippen LogP contribution is 2.30. The molecule has 1 aromatic carbocycles. The van der Waals surface area contributed by atoms with Crippen LogP contribution in [0.1, 0.15) is 16.5 Å². The van der Waals surface area contributed by atoms with Gasteiger partial charge < -0.3 is 5.11 Å². The molecule has 0 aliphatic heterocycles. The smallest absolute Gasteiger partial charge is 0.242 e. The number of halogens is 1. The molecule has 20 heavy (non-hydrogen) atoms. The Balaban J connectivity index is 2.29. The van der Waals surface area contributed by atoms with Gasteiger partial charge in [-0.1, -0.05) is 30.3 Å². The predicted molar refractivity (Wildman–Crippen MR) is 83.3 cm³/mol. The fourth-order valence-corrected chi connectivity index (χ4v) is 5.47. The highest BCUT2D eigenvalue weighted by Gasteiger charge is 2.24. The number of thiophene rings is 1. The predicted octanol–water partition coefficient (Wildman–Crippen LogP) is 2.83. The zero-order valence-electron chi connectivity index (χ0n) is 10.7. The van der Waals surface area contributed by atoms with Crippen LogP contribution >= 0.6 is 27.3 Å². The van der Waals surface area contributed by atoms with Crippen LogP contribution in [0.4, 0.5) is 0 Å². The van der Waals surface area contributed by atoms with E-state index in [9.17, 15) is 13.5 Å². The molecule has 0 bridgehead atoms. The highest BCUT2D eigenvalue weighted by atomic mass is 79.9. The van der Waals surface area contributed by atoms with Gasteiger partial charge in [0.25, 0.3) is 0 Å². The third kappa shape index (κ3) is 3.48. The van der Waals surface area contributed by atoms with Crippen molar-refractivity contribution in [3.63, 3.8) is 0 Å². The van der Waals surface area contributed by atoms with Gasteiger partial charge in [-0.15, -0.1) is 11.3 Å². The third-order valence-corrected chi connectivity index (χ3v) is 6.09. The molecule has 1 aromatic heterocycles. The van der Waals surface area contributed by atoms with Crippen LogP contribution in [0.5, 0.6) is 0 Å². The lowest BCUT2D eigenvalue weighted by atomic mass is 10.1. The molecular weight excluding hydrogens is 362 g/mol. The summed E-state index contributed by atoms with van der Waals surface area (Å²) in [6, 6.07) is 9.92. The molecule has 0 spiro atoms. The summed E-state index contributed by atoms with van der Waals surface area (Å²) >= 11 is 4.64. The van der Waals surface area contributed by atoms with Crippen molar-refractivity contribution in [1.82, 2.24) is 4.72 Å². The summed E-state index contributed by atoms with van der Waals surface area (Å²) in [6.45, 7) is 1.45. The lowest BCUT2D eigenvalue weighted by Crippen LogP contribution is -2.31. The minimum atomic E-state index is -3.66. The standard InChI is InChI=1S/C13H14BrNO3S2/c1-9-12(7-13(14)19-9)20(17,18)15-11(8-16)10-5-3-2-4-6-10/h2-7,11,15-16H,8H2,1H3. The molecular formula is C13H14BrNO3S2. The molecule has 1 heterocycles. The summed E-state index contributed by atoms with van der Waals surface area (Å²) in [7, 11) is -3.66. The molecule has 0 aliphatic rings. The first-order valence-electron chi connectivity index (χ1n) is 5.88. The number of aliphatic hydroxyl groups is 1. The molecule has 1 unspecified atom stereocenters. The maximum Gasteiger partial charge on any atom is 0.242 e. The Morgan fingerprint density at radius 2 is 2.00 bits per heavy atom. The van der Waals surface area contributed by atoms with Gasteiger partial charge in [0.05, 0.1) is 21.3 Å². The topological polar surface area (TPSA) is 66.4 Å². The van der Waals surface area contributed by atoms with Gasteiger partial charge in [-0.25, -0.2) is 13.1 Å². The summed E-state index contributed by atoms with van der Waals surface area (Å²) < 4.78 is 28.0. The molecule has 0 saturated carbocycles. The Kier molecular flexibility index (Phi) is 4.98. The maximum atomic E-state index is 12.4. The van der Waals surface area contributed by atoms with Crippen LogP contribution < -0.4 is 4.72 Å². The average Bonchev–Trinajstić information content (AvgIpc) is 2.77. The van der Waals surface area contributed by atoms with Gasteiger partial charge in [0.15, 0.2) is 0 Å². The first-order chi connectivity index (χ1) is 9.44. The second-order valence-corrected chi connectivity index (χ2v) is 8.56.